The van der Waals surface area contributed by atoms with Crippen molar-refractivity contribution in [3.05, 3.63) is 29.8 Å². The minimum atomic E-state index is -1.16. The fourth-order valence-corrected chi connectivity index (χ4v) is 3.14. The molecule has 0 saturated carbocycles. The van der Waals surface area contributed by atoms with Gasteiger partial charge in [0.1, 0.15) is 24.5 Å². The molecule has 1 aromatic carbocycles. The van der Waals surface area contributed by atoms with Crippen LogP contribution in [0.25, 0.3) is 0 Å². The van der Waals surface area contributed by atoms with Crippen LogP contribution < -0.4 is 10.1 Å². The average molecular weight is 437 g/mol. The molecule has 1 aliphatic heterocycles. The van der Waals surface area contributed by atoms with Crippen LogP contribution in [-0.2, 0) is 38.1 Å². The highest BCUT2D eigenvalue weighted by Crippen LogP contribution is 2.29. The van der Waals surface area contributed by atoms with Gasteiger partial charge < -0.3 is 29.0 Å². The number of esters is 3. The summed E-state index contributed by atoms with van der Waals surface area (Å²) < 4.78 is 27.6. The van der Waals surface area contributed by atoms with Gasteiger partial charge in [0.2, 0.25) is 12.2 Å². The van der Waals surface area contributed by atoms with Gasteiger partial charge in [0.05, 0.1) is 0 Å². The molecule has 0 aliphatic carbocycles. The van der Waals surface area contributed by atoms with E-state index in [1.165, 1.54) is 27.7 Å². The summed E-state index contributed by atoms with van der Waals surface area (Å²) >= 11 is 0. The summed E-state index contributed by atoms with van der Waals surface area (Å²) in [5.74, 6) is -1.92. The van der Waals surface area contributed by atoms with Gasteiger partial charge >= 0.3 is 17.9 Å². The number of carbonyl (C=O) groups excluding carboxylic acids is 4. The Hall–Kier alpha value is -3.14. The van der Waals surface area contributed by atoms with E-state index in [0.29, 0.717) is 5.75 Å². The Morgan fingerprint density at radius 1 is 0.903 bits per heavy atom. The second kappa shape index (κ2) is 10.8. The van der Waals surface area contributed by atoms with Gasteiger partial charge in [0.25, 0.3) is 0 Å². The molecule has 0 spiro atoms. The first-order chi connectivity index (χ1) is 14.6. The number of aryl methyl sites for hydroxylation is 1. The van der Waals surface area contributed by atoms with Crippen LogP contribution in [0.4, 0.5) is 0 Å². The molecule has 0 unspecified atom stereocenters. The van der Waals surface area contributed by atoms with Crippen LogP contribution in [0.15, 0.2) is 24.3 Å². The fourth-order valence-electron chi connectivity index (χ4n) is 3.14. The normalized spacial score (nSPS) is 25.1. The lowest BCUT2D eigenvalue weighted by Gasteiger charge is -2.44. The van der Waals surface area contributed by atoms with Gasteiger partial charge in [-0.1, -0.05) is 17.7 Å². The van der Waals surface area contributed by atoms with E-state index in [0.717, 1.165) is 5.56 Å². The fraction of sp³-hybridized carbons (Fsp3) is 0.524. The molecule has 1 N–H and O–H groups in total. The van der Waals surface area contributed by atoms with Gasteiger partial charge in [-0.15, -0.1) is 0 Å². The molecule has 10 nitrogen and oxygen atoms in total. The molecule has 31 heavy (non-hydrogen) atoms. The van der Waals surface area contributed by atoms with Gasteiger partial charge in [-0.2, -0.15) is 0 Å². The van der Waals surface area contributed by atoms with Crippen LogP contribution >= 0.6 is 0 Å². The van der Waals surface area contributed by atoms with Crippen molar-refractivity contribution in [2.45, 2.75) is 65.3 Å². The Kier molecular flexibility index (Phi) is 8.38. The Morgan fingerprint density at radius 2 is 1.48 bits per heavy atom. The third kappa shape index (κ3) is 7.25. The third-order valence-corrected chi connectivity index (χ3v) is 4.34. The largest absolute Gasteiger partial charge is 0.463 e. The maximum atomic E-state index is 11.9. The van der Waals surface area contributed by atoms with Crippen LogP contribution in [0.1, 0.15) is 33.3 Å². The standard InChI is InChI=1S/C21H27NO9/c1-11-6-8-16(9-7-11)30-21-18(22-12(2)23)20(29-15(5)26)19(28-14(4)25)17(31-21)10-27-13(3)24/h6-9,17-21H,10H2,1-5H3,(H,22,23)/t17-,18-,19+,20-,21-/m0/s1. The zero-order valence-electron chi connectivity index (χ0n) is 18.1. The number of nitrogens with one attached hydrogen (secondary N) is 1. The lowest BCUT2D eigenvalue weighted by Crippen LogP contribution is -2.67. The smallest absolute Gasteiger partial charge is 0.303 e. The maximum absolute atomic E-state index is 11.9. The highest BCUT2D eigenvalue weighted by Gasteiger charge is 2.51. The molecule has 0 aromatic heterocycles. The van der Waals surface area contributed by atoms with Gasteiger partial charge in [0.15, 0.2) is 12.2 Å². The summed E-state index contributed by atoms with van der Waals surface area (Å²) in [6, 6.07) is 6.06. The number of hydrogen-bond donors (Lipinski definition) is 1. The molecule has 1 aliphatic rings. The van der Waals surface area contributed by atoms with Gasteiger partial charge in [-0.05, 0) is 19.1 Å². The molecule has 1 heterocycles. The van der Waals surface area contributed by atoms with E-state index in [9.17, 15) is 19.2 Å². The Bertz CT molecular complexity index is 808. The zero-order valence-corrected chi connectivity index (χ0v) is 18.1. The van der Waals surface area contributed by atoms with Crippen molar-refractivity contribution in [1.29, 1.82) is 0 Å². The summed E-state index contributed by atoms with van der Waals surface area (Å²) in [6.45, 7) is 6.48. The molecular formula is C21H27NO9. The minimum absolute atomic E-state index is 0.286. The number of carbonyl (C=O) groups is 4. The Morgan fingerprint density at radius 3 is 2.00 bits per heavy atom. The monoisotopic (exact) mass is 437 g/mol. The highest BCUT2D eigenvalue weighted by atomic mass is 16.7. The summed E-state index contributed by atoms with van der Waals surface area (Å²) in [4.78, 5) is 46.7. The van der Waals surface area contributed by atoms with E-state index in [2.05, 4.69) is 5.32 Å². The number of benzene rings is 1. The average Bonchev–Trinajstić information content (AvgIpc) is 2.65. The minimum Gasteiger partial charge on any atom is -0.463 e. The molecule has 1 aromatic rings. The molecule has 0 bridgehead atoms. The molecule has 1 saturated heterocycles. The molecule has 10 heteroatoms. The third-order valence-electron chi connectivity index (χ3n) is 4.34. The van der Waals surface area contributed by atoms with Crippen molar-refractivity contribution < 1.29 is 42.9 Å². The number of rotatable bonds is 7. The lowest BCUT2D eigenvalue weighted by molar-refractivity contribution is -0.257. The summed E-state index contributed by atoms with van der Waals surface area (Å²) in [5.41, 5.74) is 1.01. The van der Waals surface area contributed by atoms with Crippen LogP contribution in [0.2, 0.25) is 0 Å². The van der Waals surface area contributed by atoms with Gasteiger partial charge in [0, 0.05) is 27.7 Å². The van der Waals surface area contributed by atoms with Crippen LogP contribution in [0.5, 0.6) is 5.75 Å². The quantitative estimate of drug-likeness (QED) is 0.491. The molecule has 1 fully saturated rings. The topological polar surface area (TPSA) is 126 Å². The van der Waals surface area contributed by atoms with Crippen molar-refractivity contribution in [2.24, 2.45) is 0 Å². The second-order valence-corrected chi connectivity index (χ2v) is 7.15. The van der Waals surface area contributed by atoms with Gasteiger partial charge in [-0.3, -0.25) is 19.2 Å². The Balaban J connectivity index is 2.43. The lowest BCUT2D eigenvalue weighted by atomic mass is 9.96. The maximum Gasteiger partial charge on any atom is 0.303 e. The molecule has 170 valence electrons. The van der Waals surface area contributed by atoms with Crippen molar-refractivity contribution in [2.75, 3.05) is 6.61 Å². The predicted octanol–water partition coefficient (Wildman–Crippen LogP) is 1.03. The van der Waals surface area contributed by atoms with E-state index < -0.39 is 54.5 Å². The molecular weight excluding hydrogens is 410 g/mol. The van der Waals surface area contributed by atoms with Crippen LogP contribution in [0, 0.1) is 6.92 Å². The van der Waals surface area contributed by atoms with E-state index >= 15 is 0 Å². The van der Waals surface area contributed by atoms with Crippen LogP contribution in [0.3, 0.4) is 0 Å². The van der Waals surface area contributed by atoms with E-state index in [4.69, 9.17) is 23.7 Å². The molecule has 5 atom stereocenters. The first-order valence-electron chi connectivity index (χ1n) is 9.70. The zero-order chi connectivity index (χ0) is 23.1. The van der Waals surface area contributed by atoms with Gasteiger partial charge in [-0.25, -0.2) is 0 Å². The summed E-state index contributed by atoms with van der Waals surface area (Å²) in [5, 5.41) is 2.64. The molecule has 2 rings (SSSR count). The molecule has 0 radical (unpaired) electrons. The summed E-state index contributed by atoms with van der Waals surface area (Å²) in [7, 11) is 0. The first-order valence-corrected chi connectivity index (χ1v) is 9.70. The predicted molar refractivity (Wildman–Crippen MR) is 106 cm³/mol. The molecule has 1 amide bonds. The number of hydrogen-bond acceptors (Lipinski definition) is 9. The SMILES string of the molecule is CC(=O)N[C@@H]1[C@@H](Oc2ccc(C)cc2)O[C@@H](COC(C)=O)[C@@H](OC(C)=O)[C@H]1OC(C)=O. The van der Waals surface area contributed by atoms with Crippen molar-refractivity contribution in [1.82, 2.24) is 5.32 Å². The van der Waals surface area contributed by atoms with E-state index in [-0.39, 0.29) is 6.61 Å². The van der Waals surface area contributed by atoms with Crippen molar-refractivity contribution in [3.8, 4) is 5.75 Å². The number of amides is 1. The van der Waals surface area contributed by atoms with E-state index in [1.807, 2.05) is 19.1 Å². The number of ether oxygens (including phenoxy) is 5. The van der Waals surface area contributed by atoms with Crippen molar-refractivity contribution >= 4 is 23.8 Å². The summed E-state index contributed by atoms with van der Waals surface area (Å²) in [6.07, 6.45) is -4.47. The van der Waals surface area contributed by atoms with Crippen molar-refractivity contribution in [3.63, 3.8) is 0 Å². The van der Waals surface area contributed by atoms with E-state index in [1.54, 1.807) is 12.1 Å². The highest BCUT2D eigenvalue weighted by molar-refractivity contribution is 5.73. The second-order valence-electron chi connectivity index (χ2n) is 7.15. The Labute approximate surface area is 180 Å². The van der Waals surface area contributed by atoms with Crippen LogP contribution in [-0.4, -0.2) is 61.1 Å². The first kappa shape index (κ1) is 24.1.